The Morgan fingerprint density at radius 3 is 2.12 bits per heavy atom. The van der Waals surface area contributed by atoms with E-state index in [0.717, 1.165) is 0 Å². The molecule has 0 spiro atoms. The number of rotatable bonds is 12. The quantitative estimate of drug-likeness (QED) is 0.431. The van der Waals surface area contributed by atoms with Gasteiger partial charge in [0.05, 0.1) is 56.2 Å². The van der Waals surface area contributed by atoms with E-state index in [1.54, 1.807) is 43.3 Å². The summed E-state index contributed by atoms with van der Waals surface area (Å²) in [6, 6.07) is 8.37. The Morgan fingerprint density at radius 1 is 1.00 bits per heavy atom. The van der Waals surface area contributed by atoms with E-state index in [-0.39, 0.29) is 12.2 Å². The lowest BCUT2D eigenvalue weighted by atomic mass is 10.1. The fourth-order valence-corrected chi connectivity index (χ4v) is 4.08. The highest BCUT2D eigenvalue weighted by Crippen LogP contribution is 2.35. The number of carboxylic acid groups (broad SMARTS) is 1. The Labute approximate surface area is 201 Å². The Balaban J connectivity index is 2.24. The molecule has 0 bridgehead atoms. The van der Waals surface area contributed by atoms with Gasteiger partial charge in [0.1, 0.15) is 28.9 Å². The molecule has 0 aromatic heterocycles. The smallest absolute Gasteiger partial charge is 0.316 e. The van der Waals surface area contributed by atoms with Crippen molar-refractivity contribution in [1.82, 2.24) is 0 Å². The summed E-state index contributed by atoms with van der Waals surface area (Å²) in [4.78, 5) is 23.6. The number of nitrogens with one attached hydrogen (secondary N) is 1. The largest absolute Gasteiger partial charge is 0.496 e. The number of ether oxygens (including phenoxy) is 4. The molecular weight excluding hydrogens is 462 g/mol. The number of carbonyl (C=O) groups is 2. The maximum atomic E-state index is 12.8. The van der Waals surface area contributed by atoms with Crippen LogP contribution < -0.4 is 24.3 Å². The molecule has 10 heteroatoms. The summed E-state index contributed by atoms with van der Waals surface area (Å²) in [5.41, 5.74) is 1.58. The molecule has 0 aliphatic rings. The third-order valence-electron chi connectivity index (χ3n) is 4.99. The van der Waals surface area contributed by atoms with Crippen molar-refractivity contribution in [3.63, 3.8) is 0 Å². The molecule has 2 aromatic carbocycles. The van der Waals surface area contributed by atoms with Crippen molar-refractivity contribution in [3.8, 4) is 23.0 Å². The van der Waals surface area contributed by atoms with Gasteiger partial charge in [0, 0.05) is 17.5 Å². The lowest BCUT2D eigenvalue weighted by Crippen LogP contribution is -2.29. The Kier molecular flexibility index (Phi) is 9.93. The first-order valence-corrected chi connectivity index (χ1v) is 11.7. The highest BCUT2D eigenvalue weighted by molar-refractivity contribution is 7.87. The Bertz CT molecular complexity index is 1060. The number of anilines is 1. The molecule has 2 atom stereocenters. The molecule has 9 nitrogen and oxygen atoms in total. The number of aliphatic carboxylic acids is 1. The molecule has 1 amide bonds. The van der Waals surface area contributed by atoms with Gasteiger partial charge in [-0.05, 0) is 30.2 Å². The van der Waals surface area contributed by atoms with Crippen molar-refractivity contribution in [1.29, 1.82) is 0 Å². The lowest BCUT2D eigenvalue weighted by molar-refractivity contribution is -0.145. The zero-order valence-electron chi connectivity index (χ0n) is 19.7. The molecule has 184 valence electrons. The molecular formula is C24H29NO8S. The van der Waals surface area contributed by atoms with Crippen LogP contribution >= 0.6 is 0 Å². The predicted molar refractivity (Wildman–Crippen MR) is 130 cm³/mol. The number of hydrogen-bond donors (Lipinski definition) is 2. The first kappa shape index (κ1) is 26.7. The van der Waals surface area contributed by atoms with Crippen LogP contribution in [0.25, 0.3) is 6.08 Å². The van der Waals surface area contributed by atoms with Crippen LogP contribution in [-0.4, -0.2) is 49.6 Å². The SMILES string of the molecule is CCC(C(=O)O)C(=O)Nc1cc(CS(=O)C=Cc2c(OC)cc(OC)cc2OC)ccc1OC. The highest BCUT2D eigenvalue weighted by atomic mass is 32.2. The first-order valence-electron chi connectivity index (χ1n) is 10.3. The van der Waals surface area contributed by atoms with Gasteiger partial charge in [-0.1, -0.05) is 13.0 Å². The standard InChI is InChI=1S/C24H29NO8S/c1-6-17(24(27)28)23(26)25-19-11-15(7-8-20(19)31-3)14-34(29)10-9-18-21(32-4)12-16(30-2)13-22(18)33-5/h7-13,17H,6,14H2,1-5H3,(H,25,26)(H,27,28). The molecule has 2 rings (SSSR count). The molecule has 0 aliphatic carbocycles. The first-order chi connectivity index (χ1) is 16.3. The topological polar surface area (TPSA) is 120 Å². The van der Waals surface area contributed by atoms with Gasteiger partial charge in [0.2, 0.25) is 5.91 Å². The second-order valence-electron chi connectivity index (χ2n) is 7.10. The summed E-state index contributed by atoms with van der Waals surface area (Å²) >= 11 is 0. The molecule has 0 saturated heterocycles. The van der Waals surface area contributed by atoms with Crippen LogP contribution in [0.3, 0.4) is 0 Å². The third kappa shape index (κ3) is 6.74. The van der Waals surface area contributed by atoms with Crippen LogP contribution in [0, 0.1) is 5.92 Å². The van der Waals surface area contributed by atoms with Crippen molar-refractivity contribution in [2.75, 3.05) is 33.8 Å². The van der Waals surface area contributed by atoms with E-state index in [0.29, 0.717) is 39.8 Å². The van der Waals surface area contributed by atoms with Crippen molar-refractivity contribution in [2.45, 2.75) is 19.1 Å². The summed E-state index contributed by atoms with van der Waals surface area (Å²) in [6.45, 7) is 1.62. The van der Waals surface area contributed by atoms with E-state index in [1.807, 2.05) is 0 Å². The lowest BCUT2D eigenvalue weighted by Gasteiger charge is -2.14. The average molecular weight is 492 g/mol. The van der Waals surface area contributed by atoms with Crippen LogP contribution in [0.5, 0.6) is 23.0 Å². The van der Waals surface area contributed by atoms with E-state index in [1.165, 1.54) is 33.8 Å². The van der Waals surface area contributed by atoms with E-state index >= 15 is 0 Å². The zero-order valence-corrected chi connectivity index (χ0v) is 20.6. The number of hydrogen-bond acceptors (Lipinski definition) is 7. The van der Waals surface area contributed by atoms with Crippen molar-refractivity contribution in [3.05, 3.63) is 46.9 Å². The Morgan fingerprint density at radius 2 is 1.62 bits per heavy atom. The van der Waals surface area contributed by atoms with E-state index < -0.39 is 28.6 Å². The molecule has 0 saturated carbocycles. The molecule has 2 N–H and O–H groups in total. The van der Waals surface area contributed by atoms with E-state index in [4.69, 9.17) is 18.9 Å². The third-order valence-corrected chi connectivity index (χ3v) is 6.05. The zero-order chi connectivity index (χ0) is 25.3. The molecule has 34 heavy (non-hydrogen) atoms. The highest BCUT2D eigenvalue weighted by Gasteiger charge is 2.25. The minimum absolute atomic E-state index is 0.149. The van der Waals surface area contributed by atoms with Gasteiger partial charge in [-0.25, -0.2) is 0 Å². The van der Waals surface area contributed by atoms with E-state index in [9.17, 15) is 18.9 Å². The monoisotopic (exact) mass is 491 g/mol. The normalized spacial score (nSPS) is 12.6. The number of methoxy groups -OCH3 is 4. The molecule has 0 heterocycles. The molecule has 2 aromatic rings. The minimum Gasteiger partial charge on any atom is -0.496 e. The molecule has 0 fully saturated rings. The summed E-state index contributed by atoms with van der Waals surface area (Å²) in [7, 11) is 4.59. The molecule has 0 radical (unpaired) electrons. The van der Waals surface area contributed by atoms with Crippen LogP contribution in [0.15, 0.2) is 35.7 Å². The fraction of sp³-hybridized carbons (Fsp3) is 0.333. The number of benzene rings is 2. The number of carboxylic acids is 1. The predicted octanol–water partition coefficient (Wildman–Crippen LogP) is 3.69. The Hall–Kier alpha value is -3.53. The molecule has 2 unspecified atom stereocenters. The van der Waals surface area contributed by atoms with Gasteiger partial charge < -0.3 is 29.4 Å². The van der Waals surface area contributed by atoms with Crippen LogP contribution in [0.1, 0.15) is 24.5 Å². The van der Waals surface area contributed by atoms with Crippen molar-refractivity contribution in [2.24, 2.45) is 5.92 Å². The number of amides is 1. The summed E-state index contributed by atoms with van der Waals surface area (Å²) in [5, 5.41) is 13.3. The van der Waals surface area contributed by atoms with Gasteiger partial charge in [-0.3, -0.25) is 13.8 Å². The van der Waals surface area contributed by atoms with Gasteiger partial charge >= 0.3 is 5.97 Å². The fourth-order valence-electron chi connectivity index (χ4n) is 3.19. The minimum atomic E-state index is -1.42. The number of carbonyl (C=O) groups excluding carboxylic acids is 1. The summed E-state index contributed by atoms with van der Waals surface area (Å²) in [6.07, 6.45) is 1.80. The van der Waals surface area contributed by atoms with Crippen LogP contribution in [0.2, 0.25) is 0 Å². The average Bonchev–Trinajstić information content (AvgIpc) is 2.82. The van der Waals surface area contributed by atoms with Crippen LogP contribution in [0.4, 0.5) is 5.69 Å². The van der Waals surface area contributed by atoms with Crippen LogP contribution in [-0.2, 0) is 26.1 Å². The second kappa shape index (κ2) is 12.6. The van der Waals surface area contributed by atoms with Gasteiger partial charge in [-0.15, -0.1) is 0 Å². The summed E-state index contributed by atoms with van der Waals surface area (Å²) in [5.74, 6) is -0.943. The van der Waals surface area contributed by atoms with Gasteiger partial charge in [0.15, 0.2) is 0 Å². The van der Waals surface area contributed by atoms with Gasteiger partial charge in [-0.2, -0.15) is 0 Å². The summed E-state index contributed by atoms with van der Waals surface area (Å²) < 4.78 is 34.1. The maximum Gasteiger partial charge on any atom is 0.316 e. The molecule has 0 aliphatic heterocycles. The van der Waals surface area contributed by atoms with Gasteiger partial charge in [0.25, 0.3) is 0 Å². The van der Waals surface area contributed by atoms with E-state index in [2.05, 4.69) is 5.32 Å². The second-order valence-corrected chi connectivity index (χ2v) is 8.42. The maximum absolute atomic E-state index is 12.8. The van der Waals surface area contributed by atoms with Crippen molar-refractivity contribution >= 4 is 34.4 Å². The van der Waals surface area contributed by atoms with Crippen molar-refractivity contribution < 1.29 is 37.9 Å².